The zero-order valence-corrected chi connectivity index (χ0v) is 16.5. The van der Waals surface area contributed by atoms with Gasteiger partial charge in [0.15, 0.2) is 12.2 Å². The minimum atomic E-state index is -0.730. The number of carbonyl (C=O) groups is 2. The van der Waals surface area contributed by atoms with E-state index in [2.05, 4.69) is 38.0 Å². The fourth-order valence-electron chi connectivity index (χ4n) is 3.02. The van der Waals surface area contributed by atoms with E-state index in [1.54, 1.807) is 6.92 Å². The molecule has 6 heteroatoms. The first-order valence-corrected chi connectivity index (χ1v) is 9.70. The topological polar surface area (TPSA) is 71.2 Å². The average molecular weight is 357 g/mol. The summed E-state index contributed by atoms with van der Waals surface area (Å²) in [6, 6.07) is 0.0655. The fourth-order valence-corrected chi connectivity index (χ4v) is 3.02. The van der Waals surface area contributed by atoms with Crippen LogP contribution in [0, 0.1) is 5.92 Å². The molecule has 146 valence electrons. The van der Waals surface area contributed by atoms with Crippen LogP contribution >= 0.6 is 0 Å². The van der Waals surface area contributed by atoms with Gasteiger partial charge in [-0.2, -0.15) is 0 Å². The Balaban J connectivity index is 2.42. The van der Waals surface area contributed by atoms with Gasteiger partial charge in [0.1, 0.15) is 0 Å². The first-order valence-electron chi connectivity index (χ1n) is 9.70. The first-order chi connectivity index (χ1) is 11.9. The van der Waals surface area contributed by atoms with Crippen molar-refractivity contribution in [2.45, 2.75) is 78.0 Å². The number of esters is 1. The normalized spacial score (nSPS) is 20.6. The Labute approximate surface area is 152 Å². The van der Waals surface area contributed by atoms with Crippen molar-refractivity contribution >= 4 is 11.9 Å². The Bertz CT molecular complexity index is 414. The zero-order chi connectivity index (χ0) is 18.8. The molecule has 0 aromatic heterocycles. The molecule has 0 saturated carbocycles. The maximum Gasteiger partial charge on any atom is 0.338 e. The van der Waals surface area contributed by atoms with Gasteiger partial charge in [-0.05, 0) is 39.3 Å². The second-order valence-corrected chi connectivity index (χ2v) is 7.39. The minimum Gasteiger partial charge on any atom is -0.464 e. The molecule has 0 unspecified atom stereocenters. The van der Waals surface area contributed by atoms with Crippen LogP contribution < -0.4 is 5.32 Å². The Morgan fingerprint density at radius 3 is 2.48 bits per heavy atom. The predicted octanol–water partition coefficient (Wildman–Crippen LogP) is 2.36. The van der Waals surface area contributed by atoms with Crippen molar-refractivity contribution in [2.24, 2.45) is 5.92 Å². The van der Waals surface area contributed by atoms with Gasteiger partial charge >= 0.3 is 5.97 Å². The second kappa shape index (κ2) is 11.5. The summed E-state index contributed by atoms with van der Waals surface area (Å²) in [5, 5.41) is 3.06. The Morgan fingerprint density at radius 2 is 1.88 bits per heavy atom. The lowest BCUT2D eigenvalue weighted by molar-refractivity contribution is -0.144. The molecule has 1 rings (SSSR count). The van der Waals surface area contributed by atoms with Gasteiger partial charge in [0.25, 0.3) is 5.91 Å². The molecular weight excluding hydrogens is 320 g/mol. The molecule has 1 aliphatic rings. The maximum absolute atomic E-state index is 12.3. The third-order valence-electron chi connectivity index (χ3n) is 4.30. The summed E-state index contributed by atoms with van der Waals surface area (Å²) in [4.78, 5) is 26.2. The Morgan fingerprint density at radius 1 is 1.16 bits per heavy atom. The number of hydrogen-bond acceptors (Lipinski definition) is 5. The Hall–Kier alpha value is -1.14. The van der Waals surface area contributed by atoms with Crippen molar-refractivity contribution in [3.05, 3.63) is 0 Å². The number of carbonyl (C=O) groups excluding carboxylic acids is 2. The fraction of sp³-hybridized carbons (Fsp3) is 0.895. The van der Waals surface area contributed by atoms with Gasteiger partial charge in [-0.1, -0.05) is 40.0 Å². The highest BCUT2D eigenvalue weighted by atomic mass is 16.6. The molecule has 0 aromatic carbocycles. The quantitative estimate of drug-likeness (QED) is 0.312. The largest absolute Gasteiger partial charge is 0.464 e. The summed E-state index contributed by atoms with van der Waals surface area (Å²) in [5.41, 5.74) is 0. The number of likely N-dealkylation sites (N-methyl/N-ethyl adjacent to an activating group) is 1. The number of ether oxygens (including phenoxy) is 2. The number of nitrogens with zero attached hydrogens (tertiary/aromatic N) is 1. The van der Waals surface area contributed by atoms with Crippen LogP contribution in [0.15, 0.2) is 0 Å². The number of unbranched alkanes of at least 4 members (excludes halogenated alkanes) is 3. The SMILES string of the molecule is CCCCCCN(C)C[C@H](CC(C)C)NC(=O)[C@H]1O[C@@H]1C(=O)OCC. The van der Waals surface area contributed by atoms with Crippen LogP contribution in [0.4, 0.5) is 0 Å². The monoisotopic (exact) mass is 356 g/mol. The molecule has 0 spiro atoms. The summed E-state index contributed by atoms with van der Waals surface area (Å²) >= 11 is 0. The van der Waals surface area contributed by atoms with Crippen LogP contribution in [0.2, 0.25) is 0 Å². The molecule has 6 nitrogen and oxygen atoms in total. The number of nitrogens with one attached hydrogen (secondary N) is 1. The highest BCUT2D eigenvalue weighted by Gasteiger charge is 2.51. The van der Waals surface area contributed by atoms with Gasteiger partial charge in [0.2, 0.25) is 0 Å². The molecule has 1 N–H and O–H groups in total. The van der Waals surface area contributed by atoms with Gasteiger partial charge in [-0.3, -0.25) is 4.79 Å². The van der Waals surface area contributed by atoms with Gasteiger partial charge in [-0.25, -0.2) is 4.79 Å². The molecule has 1 fully saturated rings. The highest BCUT2D eigenvalue weighted by Crippen LogP contribution is 2.24. The lowest BCUT2D eigenvalue weighted by Crippen LogP contribution is -2.45. The van der Waals surface area contributed by atoms with Crippen LogP contribution in [0.5, 0.6) is 0 Å². The lowest BCUT2D eigenvalue weighted by atomic mass is 10.0. The molecular formula is C19H36N2O4. The maximum atomic E-state index is 12.3. The molecule has 1 saturated heterocycles. The number of hydrogen-bond donors (Lipinski definition) is 1. The number of amides is 1. The summed E-state index contributed by atoms with van der Waals surface area (Å²) in [6.07, 6.45) is 4.42. The van der Waals surface area contributed by atoms with Crippen LogP contribution in [0.1, 0.15) is 59.8 Å². The molecule has 25 heavy (non-hydrogen) atoms. The van der Waals surface area contributed by atoms with Crippen LogP contribution in [-0.4, -0.2) is 61.8 Å². The highest BCUT2D eigenvalue weighted by molar-refractivity contribution is 5.92. The average Bonchev–Trinajstić information content (AvgIpc) is 3.32. The van der Waals surface area contributed by atoms with Gasteiger partial charge in [-0.15, -0.1) is 0 Å². The first kappa shape index (κ1) is 21.9. The molecule has 0 aliphatic carbocycles. The molecule has 0 aromatic rings. The number of epoxide rings is 1. The van der Waals surface area contributed by atoms with Gasteiger partial charge < -0.3 is 19.7 Å². The molecule has 3 atom stereocenters. The number of rotatable bonds is 13. The zero-order valence-electron chi connectivity index (χ0n) is 16.5. The predicted molar refractivity (Wildman–Crippen MR) is 98.3 cm³/mol. The van der Waals surface area contributed by atoms with Crippen molar-refractivity contribution in [3.63, 3.8) is 0 Å². The summed E-state index contributed by atoms with van der Waals surface area (Å²) in [7, 11) is 2.10. The van der Waals surface area contributed by atoms with E-state index >= 15 is 0 Å². The molecule has 1 amide bonds. The van der Waals surface area contributed by atoms with E-state index in [0.717, 1.165) is 19.5 Å². The van der Waals surface area contributed by atoms with Crippen molar-refractivity contribution in [3.8, 4) is 0 Å². The van der Waals surface area contributed by atoms with Crippen LogP contribution in [0.3, 0.4) is 0 Å². The third-order valence-corrected chi connectivity index (χ3v) is 4.30. The van der Waals surface area contributed by atoms with Crippen molar-refractivity contribution in [2.75, 3.05) is 26.7 Å². The summed E-state index contributed by atoms with van der Waals surface area (Å²) in [6.45, 7) is 10.4. The third kappa shape index (κ3) is 8.68. The Kier molecular flexibility index (Phi) is 10.0. The van der Waals surface area contributed by atoms with E-state index < -0.39 is 18.2 Å². The van der Waals surface area contributed by atoms with E-state index in [-0.39, 0.29) is 11.9 Å². The van der Waals surface area contributed by atoms with Crippen molar-refractivity contribution in [1.82, 2.24) is 10.2 Å². The van der Waals surface area contributed by atoms with Crippen LogP contribution in [0.25, 0.3) is 0 Å². The molecule has 0 radical (unpaired) electrons. The summed E-state index contributed by atoms with van der Waals surface area (Å²) < 4.78 is 10.1. The lowest BCUT2D eigenvalue weighted by Gasteiger charge is -2.26. The van der Waals surface area contributed by atoms with Crippen molar-refractivity contribution in [1.29, 1.82) is 0 Å². The van der Waals surface area contributed by atoms with E-state index in [1.165, 1.54) is 25.7 Å². The second-order valence-electron chi connectivity index (χ2n) is 7.39. The van der Waals surface area contributed by atoms with Crippen molar-refractivity contribution < 1.29 is 19.1 Å². The molecule has 0 bridgehead atoms. The van der Waals surface area contributed by atoms with Crippen LogP contribution in [-0.2, 0) is 19.1 Å². The summed E-state index contributed by atoms with van der Waals surface area (Å²) in [5.74, 6) is -0.168. The van der Waals surface area contributed by atoms with Gasteiger partial charge in [0.05, 0.1) is 6.61 Å². The molecule has 1 heterocycles. The minimum absolute atomic E-state index is 0.0655. The van der Waals surface area contributed by atoms with Gasteiger partial charge in [0, 0.05) is 12.6 Å². The van der Waals surface area contributed by atoms with E-state index in [0.29, 0.717) is 12.5 Å². The standard InChI is InChI=1S/C19H36N2O4/c1-6-8-9-10-11-21(5)13-15(12-14(3)4)20-18(22)16-17(25-16)19(23)24-7-2/h14-17H,6-13H2,1-5H3,(H,20,22)/t15-,16-,17-/m0/s1. The van der Waals surface area contributed by atoms with E-state index in [4.69, 9.17) is 9.47 Å². The molecule has 1 aliphatic heterocycles. The smallest absolute Gasteiger partial charge is 0.338 e. The van der Waals surface area contributed by atoms with E-state index in [1.807, 2.05) is 0 Å². The van der Waals surface area contributed by atoms with E-state index in [9.17, 15) is 9.59 Å².